The summed E-state index contributed by atoms with van der Waals surface area (Å²) in [5.41, 5.74) is 3.38. The molecule has 0 aliphatic heterocycles. The van der Waals surface area contributed by atoms with Gasteiger partial charge in [0.2, 0.25) is 0 Å². The second-order valence-electron chi connectivity index (χ2n) is 7.24. The molecule has 0 atom stereocenters. The molecule has 0 saturated heterocycles. The first-order valence-electron chi connectivity index (χ1n) is 10.0. The van der Waals surface area contributed by atoms with Gasteiger partial charge in [0.05, 0.1) is 5.56 Å². The quantitative estimate of drug-likeness (QED) is 0.429. The molecule has 4 rings (SSSR count). The molecular formula is C25H23NO4. The number of anilines is 1. The summed E-state index contributed by atoms with van der Waals surface area (Å²) in [6.07, 6.45) is 3.43. The molecule has 0 unspecified atom stereocenters. The Morgan fingerprint density at radius 1 is 0.833 bits per heavy atom. The Kier molecular flexibility index (Phi) is 5.27. The summed E-state index contributed by atoms with van der Waals surface area (Å²) in [6, 6.07) is 14.8. The van der Waals surface area contributed by atoms with Crippen LogP contribution in [0.3, 0.4) is 0 Å². The number of hydrogen-bond donors (Lipinski definition) is 0. The maximum atomic E-state index is 12.5. The Morgan fingerprint density at radius 2 is 1.60 bits per heavy atom. The number of nitrogens with zero attached hydrogens (tertiary/aromatic N) is 1. The molecule has 0 saturated carbocycles. The molecule has 2 heterocycles. The van der Waals surface area contributed by atoms with E-state index in [0.717, 1.165) is 35.1 Å². The van der Waals surface area contributed by atoms with Crippen molar-refractivity contribution in [3.63, 3.8) is 0 Å². The topological polar surface area (TPSA) is 63.7 Å². The number of fused-ring (bicyclic) bond motifs is 2. The maximum absolute atomic E-state index is 12.5. The van der Waals surface area contributed by atoms with Crippen molar-refractivity contribution < 1.29 is 8.83 Å². The summed E-state index contributed by atoms with van der Waals surface area (Å²) < 4.78 is 10.9. The largest absolute Gasteiger partial charge is 0.423 e. The number of hydrogen-bond acceptors (Lipinski definition) is 5. The van der Waals surface area contributed by atoms with Gasteiger partial charge in [-0.1, -0.05) is 18.2 Å². The molecular weight excluding hydrogens is 378 g/mol. The van der Waals surface area contributed by atoms with Gasteiger partial charge in [-0.15, -0.1) is 0 Å². The van der Waals surface area contributed by atoms with E-state index in [1.165, 1.54) is 6.07 Å². The molecule has 152 valence electrons. The standard InChI is InChI=1S/C25H23NO4/c1-4-26(5-2)20-10-9-18-13-19(25(28)30-22(18)15-20)8-7-17-14-24(27)29-23-12-16(3)6-11-21(17)23/h6-15H,4-5H2,1-3H3/b8-7-. The van der Waals surface area contributed by atoms with E-state index in [1.54, 1.807) is 18.2 Å². The Hall–Kier alpha value is -3.60. The smallest absolute Gasteiger partial charge is 0.343 e. The first kappa shape index (κ1) is 19.7. The molecule has 0 radical (unpaired) electrons. The van der Waals surface area contributed by atoms with E-state index in [9.17, 15) is 9.59 Å². The van der Waals surface area contributed by atoms with Crippen molar-refractivity contribution in [3.8, 4) is 0 Å². The van der Waals surface area contributed by atoms with Crippen molar-refractivity contribution in [1.29, 1.82) is 0 Å². The second-order valence-corrected chi connectivity index (χ2v) is 7.24. The monoisotopic (exact) mass is 401 g/mol. The highest BCUT2D eigenvalue weighted by atomic mass is 16.4. The van der Waals surface area contributed by atoms with Crippen LogP contribution in [0, 0.1) is 6.92 Å². The third-order valence-electron chi connectivity index (χ3n) is 5.25. The molecule has 0 aliphatic carbocycles. The van der Waals surface area contributed by atoms with Gasteiger partial charge in [0.25, 0.3) is 0 Å². The van der Waals surface area contributed by atoms with Crippen LogP contribution in [0.25, 0.3) is 34.1 Å². The molecule has 2 aromatic carbocycles. The lowest BCUT2D eigenvalue weighted by Crippen LogP contribution is -2.21. The first-order chi connectivity index (χ1) is 14.5. The number of rotatable bonds is 5. The van der Waals surface area contributed by atoms with Crippen LogP contribution < -0.4 is 16.2 Å². The van der Waals surface area contributed by atoms with Crippen LogP contribution in [-0.4, -0.2) is 13.1 Å². The van der Waals surface area contributed by atoms with Crippen LogP contribution in [0.1, 0.15) is 30.5 Å². The highest BCUT2D eigenvalue weighted by Crippen LogP contribution is 2.23. The molecule has 0 spiro atoms. The summed E-state index contributed by atoms with van der Waals surface area (Å²) >= 11 is 0. The molecule has 30 heavy (non-hydrogen) atoms. The third kappa shape index (κ3) is 3.79. The lowest BCUT2D eigenvalue weighted by atomic mass is 10.1. The molecule has 5 heteroatoms. The van der Waals surface area contributed by atoms with Gasteiger partial charge >= 0.3 is 11.3 Å². The summed E-state index contributed by atoms with van der Waals surface area (Å²) in [4.78, 5) is 26.7. The zero-order valence-electron chi connectivity index (χ0n) is 17.3. The van der Waals surface area contributed by atoms with E-state index in [1.807, 2.05) is 43.3 Å². The van der Waals surface area contributed by atoms with Gasteiger partial charge in [-0.2, -0.15) is 0 Å². The van der Waals surface area contributed by atoms with Crippen LogP contribution >= 0.6 is 0 Å². The van der Waals surface area contributed by atoms with Crippen LogP contribution in [0.5, 0.6) is 0 Å². The zero-order chi connectivity index (χ0) is 21.3. The Bertz CT molecular complexity index is 1370. The fourth-order valence-corrected chi connectivity index (χ4v) is 3.63. The molecule has 0 fully saturated rings. The van der Waals surface area contributed by atoms with Gasteiger partial charge in [-0.25, -0.2) is 9.59 Å². The second kappa shape index (κ2) is 8.03. The molecule has 5 nitrogen and oxygen atoms in total. The highest BCUT2D eigenvalue weighted by Gasteiger charge is 2.08. The van der Waals surface area contributed by atoms with E-state index in [4.69, 9.17) is 8.83 Å². The maximum Gasteiger partial charge on any atom is 0.343 e. The molecule has 4 aromatic rings. The summed E-state index contributed by atoms with van der Waals surface area (Å²) in [5, 5.41) is 1.66. The van der Waals surface area contributed by atoms with Gasteiger partial charge in [0.15, 0.2) is 0 Å². The molecule has 0 aliphatic rings. The minimum Gasteiger partial charge on any atom is -0.423 e. The van der Waals surface area contributed by atoms with Crippen LogP contribution in [-0.2, 0) is 0 Å². The van der Waals surface area contributed by atoms with Crippen molar-refractivity contribution in [2.45, 2.75) is 20.8 Å². The van der Waals surface area contributed by atoms with Crippen LogP contribution in [0.4, 0.5) is 5.69 Å². The van der Waals surface area contributed by atoms with Gasteiger partial charge in [0, 0.05) is 41.7 Å². The summed E-state index contributed by atoms with van der Waals surface area (Å²) in [7, 11) is 0. The van der Waals surface area contributed by atoms with Crippen molar-refractivity contribution >= 4 is 39.8 Å². The lowest BCUT2D eigenvalue weighted by molar-refractivity contribution is 0.559. The number of aryl methyl sites for hydroxylation is 1. The lowest BCUT2D eigenvalue weighted by Gasteiger charge is -2.20. The normalized spacial score (nSPS) is 11.6. The van der Waals surface area contributed by atoms with Crippen molar-refractivity contribution in [3.05, 3.63) is 86.1 Å². The minimum atomic E-state index is -0.428. The zero-order valence-corrected chi connectivity index (χ0v) is 17.3. The van der Waals surface area contributed by atoms with E-state index < -0.39 is 11.3 Å². The van der Waals surface area contributed by atoms with E-state index in [0.29, 0.717) is 22.3 Å². The molecule has 2 aromatic heterocycles. The highest BCUT2D eigenvalue weighted by molar-refractivity contribution is 5.90. The van der Waals surface area contributed by atoms with Gasteiger partial charge < -0.3 is 13.7 Å². The Labute approximate surface area is 173 Å². The summed E-state index contributed by atoms with van der Waals surface area (Å²) in [6.45, 7) is 7.88. The Balaban J connectivity index is 1.76. The van der Waals surface area contributed by atoms with Gasteiger partial charge in [-0.05, 0) is 62.2 Å². The van der Waals surface area contributed by atoms with Crippen molar-refractivity contribution in [1.82, 2.24) is 0 Å². The van der Waals surface area contributed by atoms with Crippen molar-refractivity contribution in [2.75, 3.05) is 18.0 Å². The summed E-state index contributed by atoms with van der Waals surface area (Å²) in [5.74, 6) is 0. The van der Waals surface area contributed by atoms with E-state index >= 15 is 0 Å². The van der Waals surface area contributed by atoms with Crippen LogP contribution in [0.15, 0.2) is 67.0 Å². The molecule has 0 amide bonds. The molecule has 0 N–H and O–H groups in total. The minimum absolute atomic E-state index is 0.418. The van der Waals surface area contributed by atoms with Gasteiger partial charge in [0.1, 0.15) is 11.2 Å². The average molecular weight is 401 g/mol. The van der Waals surface area contributed by atoms with E-state index in [-0.39, 0.29) is 0 Å². The number of benzene rings is 2. The first-order valence-corrected chi connectivity index (χ1v) is 10.0. The predicted octanol–water partition coefficient (Wildman–Crippen LogP) is 5.22. The van der Waals surface area contributed by atoms with Crippen LogP contribution in [0.2, 0.25) is 0 Å². The predicted molar refractivity (Wildman–Crippen MR) is 122 cm³/mol. The van der Waals surface area contributed by atoms with Crippen molar-refractivity contribution in [2.24, 2.45) is 0 Å². The Morgan fingerprint density at radius 3 is 2.37 bits per heavy atom. The average Bonchev–Trinajstić information content (AvgIpc) is 2.72. The fourth-order valence-electron chi connectivity index (χ4n) is 3.63. The van der Waals surface area contributed by atoms with E-state index in [2.05, 4.69) is 18.7 Å². The molecule has 0 bridgehead atoms. The SMILES string of the molecule is CCN(CC)c1ccc2cc(/C=C\c3cc(=O)oc4cc(C)ccc34)c(=O)oc2c1. The van der Waals surface area contributed by atoms with Gasteiger partial charge in [-0.3, -0.25) is 0 Å². The fraction of sp³-hybridized carbons (Fsp3) is 0.200. The third-order valence-corrected chi connectivity index (χ3v) is 5.25.